The number of piperazine rings is 1. The van der Waals surface area contributed by atoms with Gasteiger partial charge >= 0.3 is 11.8 Å². The van der Waals surface area contributed by atoms with E-state index in [0.29, 0.717) is 37.4 Å². The largest absolute Gasteiger partial charge is 0.367 e. The highest BCUT2D eigenvalue weighted by atomic mass is 19.1. The normalized spacial score (nSPS) is 14.5. The van der Waals surface area contributed by atoms with Crippen molar-refractivity contribution in [2.45, 2.75) is 6.54 Å². The van der Waals surface area contributed by atoms with Crippen molar-refractivity contribution >= 4 is 17.5 Å². The quantitative estimate of drug-likeness (QED) is 0.720. The first-order chi connectivity index (χ1) is 14.0. The Morgan fingerprint density at radius 3 is 2.21 bits per heavy atom. The van der Waals surface area contributed by atoms with Gasteiger partial charge in [0.05, 0.1) is 5.69 Å². The van der Waals surface area contributed by atoms with E-state index in [1.165, 1.54) is 18.2 Å². The first kappa shape index (κ1) is 20.7. The maximum Gasteiger partial charge on any atom is 0.309 e. The van der Waals surface area contributed by atoms with Gasteiger partial charge in [-0.2, -0.15) is 0 Å². The molecule has 1 fully saturated rings. The van der Waals surface area contributed by atoms with E-state index < -0.39 is 11.8 Å². The van der Waals surface area contributed by atoms with Crippen molar-refractivity contribution in [2.24, 2.45) is 0 Å². The molecular formula is C21H24F2N4O2. The maximum atomic E-state index is 13.9. The van der Waals surface area contributed by atoms with Crippen LogP contribution in [0.5, 0.6) is 0 Å². The summed E-state index contributed by atoms with van der Waals surface area (Å²) in [5.74, 6) is -2.00. The van der Waals surface area contributed by atoms with Crippen molar-refractivity contribution in [3.05, 3.63) is 65.7 Å². The summed E-state index contributed by atoms with van der Waals surface area (Å²) in [5, 5.41) is 5.11. The number of halogens is 2. The van der Waals surface area contributed by atoms with Gasteiger partial charge in [0.2, 0.25) is 0 Å². The molecule has 2 amide bonds. The summed E-state index contributed by atoms with van der Waals surface area (Å²) in [6.07, 6.45) is 0. The van der Waals surface area contributed by atoms with Crippen molar-refractivity contribution in [3.63, 3.8) is 0 Å². The summed E-state index contributed by atoms with van der Waals surface area (Å²) in [4.78, 5) is 27.9. The molecule has 0 bridgehead atoms. The Morgan fingerprint density at radius 2 is 1.52 bits per heavy atom. The van der Waals surface area contributed by atoms with Crippen molar-refractivity contribution in [1.29, 1.82) is 0 Å². The van der Waals surface area contributed by atoms with E-state index in [1.54, 1.807) is 24.3 Å². The standard InChI is InChI=1S/C21H24F2N4O2/c22-17-7-5-16(6-8-17)15-25-21(29)20(28)24-9-10-26-11-13-27(14-12-26)19-4-2-1-3-18(19)23/h1-8H,9-15H2,(H,24,28)(H,25,29). The van der Waals surface area contributed by atoms with Gasteiger partial charge in [-0.15, -0.1) is 0 Å². The number of anilines is 1. The van der Waals surface area contributed by atoms with Gasteiger partial charge in [-0.25, -0.2) is 8.78 Å². The van der Waals surface area contributed by atoms with E-state index in [0.717, 1.165) is 13.1 Å². The maximum absolute atomic E-state index is 13.9. The van der Waals surface area contributed by atoms with Crippen LogP contribution >= 0.6 is 0 Å². The van der Waals surface area contributed by atoms with E-state index >= 15 is 0 Å². The summed E-state index contributed by atoms with van der Waals surface area (Å²) < 4.78 is 26.7. The average molecular weight is 402 g/mol. The Morgan fingerprint density at radius 1 is 0.862 bits per heavy atom. The zero-order valence-electron chi connectivity index (χ0n) is 16.0. The minimum Gasteiger partial charge on any atom is -0.367 e. The Balaban J connectivity index is 1.33. The number of carbonyl (C=O) groups is 2. The van der Waals surface area contributed by atoms with Crippen LogP contribution < -0.4 is 15.5 Å². The Labute approximate surface area is 168 Å². The fourth-order valence-corrected chi connectivity index (χ4v) is 3.19. The lowest BCUT2D eigenvalue weighted by atomic mass is 10.2. The van der Waals surface area contributed by atoms with Crippen LogP contribution in [-0.2, 0) is 16.1 Å². The number of nitrogens with zero attached hydrogens (tertiary/aromatic N) is 2. The number of hydrogen-bond acceptors (Lipinski definition) is 4. The predicted molar refractivity (Wildman–Crippen MR) is 106 cm³/mol. The third kappa shape index (κ3) is 5.99. The van der Waals surface area contributed by atoms with Gasteiger partial charge < -0.3 is 15.5 Å². The highest BCUT2D eigenvalue weighted by Crippen LogP contribution is 2.19. The zero-order chi connectivity index (χ0) is 20.6. The summed E-state index contributed by atoms with van der Waals surface area (Å²) in [7, 11) is 0. The van der Waals surface area contributed by atoms with Crippen molar-refractivity contribution < 1.29 is 18.4 Å². The van der Waals surface area contributed by atoms with E-state index in [4.69, 9.17) is 0 Å². The molecule has 0 atom stereocenters. The van der Waals surface area contributed by atoms with E-state index in [9.17, 15) is 18.4 Å². The van der Waals surface area contributed by atoms with Gasteiger partial charge in [-0.05, 0) is 29.8 Å². The molecular weight excluding hydrogens is 378 g/mol. The lowest BCUT2D eigenvalue weighted by molar-refractivity contribution is -0.139. The molecule has 0 unspecified atom stereocenters. The van der Waals surface area contributed by atoms with Crippen LogP contribution in [0.3, 0.4) is 0 Å². The van der Waals surface area contributed by atoms with Gasteiger partial charge in [0.15, 0.2) is 0 Å². The first-order valence-corrected chi connectivity index (χ1v) is 9.55. The number of hydrogen-bond donors (Lipinski definition) is 2. The third-order valence-electron chi connectivity index (χ3n) is 4.85. The monoisotopic (exact) mass is 402 g/mol. The number of carbonyl (C=O) groups excluding carboxylic acids is 2. The van der Waals surface area contributed by atoms with E-state index in [2.05, 4.69) is 15.5 Å². The summed E-state index contributed by atoms with van der Waals surface area (Å²) in [6, 6.07) is 12.4. The molecule has 154 valence electrons. The molecule has 6 nitrogen and oxygen atoms in total. The van der Waals surface area contributed by atoms with Crippen LogP contribution in [0.15, 0.2) is 48.5 Å². The molecule has 0 aromatic heterocycles. The Hall–Kier alpha value is -3.00. The second-order valence-electron chi connectivity index (χ2n) is 6.85. The van der Waals surface area contributed by atoms with Gasteiger partial charge in [0.25, 0.3) is 0 Å². The van der Waals surface area contributed by atoms with Crippen molar-refractivity contribution in [1.82, 2.24) is 15.5 Å². The fraction of sp³-hybridized carbons (Fsp3) is 0.333. The molecule has 2 aromatic rings. The van der Waals surface area contributed by atoms with Gasteiger partial charge in [-0.3, -0.25) is 14.5 Å². The summed E-state index contributed by atoms with van der Waals surface area (Å²) in [5.41, 5.74) is 1.32. The molecule has 3 rings (SSSR count). The van der Waals surface area contributed by atoms with Crippen molar-refractivity contribution in [2.75, 3.05) is 44.2 Å². The molecule has 0 aliphatic carbocycles. The van der Waals surface area contributed by atoms with Gasteiger partial charge in [0.1, 0.15) is 11.6 Å². The summed E-state index contributed by atoms with van der Waals surface area (Å²) >= 11 is 0. The molecule has 1 aliphatic rings. The molecule has 2 aromatic carbocycles. The molecule has 1 saturated heterocycles. The minimum atomic E-state index is -0.723. The summed E-state index contributed by atoms with van der Waals surface area (Å²) in [6.45, 7) is 4.02. The Kier molecular flexibility index (Phi) is 7.13. The molecule has 1 heterocycles. The smallest absolute Gasteiger partial charge is 0.309 e. The van der Waals surface area contributed by atoms with E-state index in [-0.39, 0.29) is 18.2 Å². The topological polar surface area (TPSA) is 64.7 Å². The van der Waals surface area contributed by atoms with E-state index in [1.807, 2.05) is 11.0 Å². The second kappa shape index (κ2) is 9.97. The number of rotatable bonds is 6. The average Bonchev–Trinajstić information content (AvgIpc) is 2.74. The molecule has 29 heavy (non-hydrogen) atoms. The number of para-hydroxylation sites is 1. The van der Waals surface area contributed by atoms with Crippen LogP contribution in [0.2, 0.25) is 0 Å². The Bertz CT molecular complexity index is 837. The molecule has 2 N–H and O–H groups in total. The number of amides is 2. The van der Waals surface area contributed by atoms with Crippen molar-refractivity contribution in [3.8, 4) is 0 Å². The zero-order valence-corrected chi connectivity index (χ0v) is 16.0. The molecule has 0 radical (unpaired) electrons. The third-order valence-corrected chi connectivity index (χ3v) is 4.85. The molecule has 0 saturated carbocycles. The minimum absolute atomic E-state index is 0.157. The van der Waals surface area contributed by atoms with Gasteiger partial charge in [-0.1, -0.05) is 24.3 Å². The van der Waals surface area contributed by atoms with Crippen LogP contribution in [0.1, 0.15) is 5.56 Å². The SMILES string of the molecule is O=C(NCCN1CCN(c2ccccc2F)CC1)C(=O)NCc1ccc(F)cc1. The van der Waals surface area contributed by atoms with Crippen LogP contribution in [-0.4, -0.2) is 56.0 Å². The fourth-order valence-electron chi connectivity index (χ4n) is 3.19. The lowest BCUT2D eigenvalue weighted by Gasteiger charge is -2.36. The lowest BCUT2D eigenvalue weighted by Crippen LogP contribution is -2.49. The number of benzene rings is 2. The second-order valence-corrected chi connectivity index (χ2v) is 6.85. The molecule has 1 aliphatic heterocycles. The number of nitrogens with one attached hydrogen (secondary N) is 2. The predicted octanol–water partition coefficient (Wildman–Crippen LogP) is 1.52. The first-order valence-electron chi connectivity index (χ1n) is 9.55. The highest BCUT2D eigenvalue weighted by Gasteiger charge is 2.19. The molecule has 0 spiro atoms. The van der Waals surface area contributed by atoms with Crippen LogP contribution in [0.25, 0.3) is 0 Å². The van der Waals surface area contributed by atoms with Crippen LogP contribution in [0, 0.1) is 11.6 Å². The molecule has 8 heteroatoms. The van der Waals surface area contributed by atoms with Crippen LogP contribution in [0.4, 0.5) is 14.5 Å². The van der Waals surface area contributed by atoms with Gasteiger partial charge in [0, 0.05) is 45.8 Å². The highest BCUT2D eigenvalue weighted by molar-refractivity contribution is 6.35.